The smallest absolute Gasteiger partial charge is 0.115 e. The Kier molecular flexibility index (Phi) is 52.6. The molecule has 0 aliphatic rings. The number of rotatable bonds is 0. The van der Waals surface area contributed by atoms with Crippen molar-refractivity contribution in [2.75, 3.05) is 0 Å². The van der Waals surface area contributed by atoms with Crippen LogP contribution in [-0.2, 0) is 0 Å². The van der Waals surface area contributed by atoms with Gasteiger partial charge in [-0.05, 0) is 30.0 Å². The van der Waals surface area contributed by atoms with Gasteiger partial charge in [0.1, 0.15) is 6.33 Å². The molecule has 0 aliphatic carbocycles. The van der Waals surface area contributed by atoms with E-state index in [1.54, 1.807) is 30.9 Å². The van der Waals surface area contributed by atoms with E-state index in [9.17, 15) is 0 Å². The number of hydrogen-bond acceptors (Lipinski definition) is 3. The van der Waals surface area contributed by atoms with E-state index in [0.29, 0.717) is 0 Å². The predicted molar refractivity (Wildman–Crippen MR) is 117 cm³/mol. The van der Waals surface area contributed by atoms with Gasteiger partial charge in [0.2, 0.25) is 0 Å². The molecule has 2 rings (SSSR count). The molecule has 25 heavy (non-hydrogen) atoms. The van der Waals surface area contributed by atoms with E-state index in [1.165, 1.54) is 6.33 Å². The summed E-state index contributed by atoms with van der Waals surface area (Å²) in [4.78, 5) is 11.1. The molecule has 0 aromatic carbocycles. The van der Waals surface area contributed by atoms with Crippen molar-refractivity contribution in [2.24, 2.45) is 11.8 Å². The van der Waals surface area contributed by atoms with Crippen molar-refractivity contribution >= 4 is 0 Å². The van der Waals surface area contributed by atoms with Gasteiger partial charge in [0, 0.05) is 24.8 Å². The average Bonchev–Trinajstić information content (AvgIpc) is 2.61. The maximum atomic E-state index is 3.78. The molecule has 0 spiro atoms. The Hall–Kier alpha value is -1.77. The van der Waals surface area contributed by atoms with Crippen LogP contribution in [0.15, 0.2) is 55.4 Å². The summed E-state index contributed by atoms with van der Waals surface area (Å²) in [5.74, 6) is 1.67. The fourth-order valence-corrected chi connectivity index (χ4v) is 0.566. The van der Waals surface area contributed by atoms with Gasteiger partial charge in [-0.15, -0.1) is 0 Å². The van der Waals surface area contributed by atoms with Crippen LogP contribution in [0.1, 0.15) is 76.7 Å². The lowest BCUT2D eigenvalue weighted by Gasteiger charge is -1.79. The van der Waals surface area contributed by atoms with Crippen LogP contribution in [0.25, 0.3) is 0 Å². The minimum atomic E-state index is 0. The van der Waals surface area contributed by atoms with E-state index in [1.807, 2.05) is 45.9 Å². The Morgan fingerprint density at radius 1 is 0.480 bits per heavy atom. The van der Waals surface area contributed by atoms with Crippen LogP contribution in [0.3, 0.4) is 0 Å². The van der Waals surface area contributed by atoms with Gasteiger partial charge in [0.15, 0.2) is 0 Å². The minimum Gasteiger partial charge on any atom is -0.265 e. The molecule has 2 heterocycles. The van der Waals surface area contributed by atoms with Crippen molar-refractivity contribution in [3.8, 4) is 0 Å². The molecule has 0 saturated heterocycles. The third-order valence-electron chi connectivity index (χ3n) is 1.04. The summed E-state index contributed by atoms with van der Waals surface area (Å²) in [6.45, 7) is 21.0. The number of nitrogens with zero attached hydrogens (tertiary/aromatic N) is 3. The Balaban J connectivity index is -0.0000000669. The molecule has 2 aromatic heterocycles. The second-order valence-electron chi connectivity index (χ2n) is 5.39. The highest BCUT2D eigenvalue weighted by atomic mass is 14.8. The first-order chi connectivity index (χ1) is 11.5. The molecule has 3 heteroatoms. The minimum absolute atomic E-state index is 0. The maximum Gasteiger partial charge on any atom is 0.115 e. The van der Waals surface area contributed by atoms with Crippen LogP contribution in [0.2, 0.25) is 0 Å². The lowest BCUT2D eigenvalue weighted by molar-refractivity contribution is 0.736. The topological polar surface area (TPSA) is 38.7 Å². The first-order valence-corrected chi connectivity index (χ1v) is 9.01. The van der Waals surface area contributed by atoms with Gasteiger partial charge in [-0.3, -0.25) is 4.98 Å². The molecule has 0 radical (unpaired) electrons. The predicted octanol–water partition coefficient (Wildman–Crippen LogP) is 7.57. The summed E-state index contributed by atoms with van der Waals surface area (Å²) in [5.41, 5.74) is 0. The molecule has 3 nitrogen and oxygen atoms in total. The molecule has 0 atom stereocenters. The highest BCUT2D eigenvalue weighted by molar-refractivity contribution is 4.88. The normalized spacial score (nSPS) is 7.20. The van der Waals surface area contributed by atoms with Gasteiger partial charge in [0.25, 0.3) is 0 Å². The summed E-state index contributed by atoms with van der Waals surface area (Å²) in [5, 5.41) is 0. The zero-order valence-corrected chi connectivity index (χ0v) is 17.7. The fourth-order valence-electron chi connectivity index (χ4n) is 0.566. The lowest BCUT2D eigenvalue weighted by Crippen LogP contribution is -1.66. The Bertz CT molecular complexity index is 252. The SMILES string of the molecule is C.CC.CC.CC(C)C.CC(C)C.c1ccncc1.c1cncnc1. The van der Waals surface area contributed by atoms with Crippen molar-refractivity contribution in [2.45, 2.75) is 76.7 Å². The summed E-state index contributed by atoms with van der Waals surface area (Å²) in [7, 11) is 0. The maximum absolute atomic E-state index is 3.78. The summed E-state index contributed by atoms with van der Waals surface area (Å²) in [6, 6.07) is 7.49. The monoisotopic (exact) mass is 351 g/mol. The molecule has 0 N–H and O–H groups in total. The van der Waals surface area contributed by atoms with Crippen LogP contribution >= 0.6 is 0 Å². The molecule has 0 amide bonds. The molecule has 0 unspecified atom stereocenters. The van der Waals surface area contributed by atoms with Gasteiger partial charge in [-0.25, -0.2) is 9.97 Å². The molecule has 0 fully saturated rings. The van der Waals surface area contributed by atoms with Gasteiger partial charge in [-0.2, -0.15) is 0 Å². The Labute approximate surface area is 159 Å². The van der Waals surface area contributed by atoms with Crippen LogP contribution in [0.4, 0.5) is 0 Å². The van der Waals surface area contributed by atoms with E-state index in [4.69, 9.17) is 0 Å². The van der Waals surface area contributed by atoms with Crippen molar-refractivity contribution < 1.29 is 0 Å². The largest absolute Gasteiger partial charge is 0.265 e. The van der Waals surface area contributed by atoms with E-state index in [0.717, 1.165) is 11.8 Å². The summed E-state index contributed by atoms with van der Waals surface area (Å²) in [6.07, 6.45) is 8.38. The first kappa shape index (κ1) is 34.5. The van der Waals surface area contributed by atoms with E-state index in [-0.39, 0.29) is 7.43 Å². The fraction of sp³-hybridized carbons (Fsp3) is 0.591. The second-order valence-corrected chi connectivity index (χ2v) is 5.39. The molecule has 0 bridgehead atoms. The van der Waals surface area contributed by atoms with E-state index >= 15 is 0 Å². The van der Waals surface area contributed by atoms with Crippen molar-refractivity contribution in [3.63, 3.8) is 0 Å². The van der Waals surface area contributed by atoms with Gasteiger partial charge >= 0.3 is 0 Å². The van der Waals surface area contributed by atoms with E-state index < -0.39 is 0 Å². The molecule has 0 saturated carbocycles. The summed E-state index contributed by atoms with van der Waals surface area (Å²) < 4.78 is 0. The molecule has 0 aliphatic heterocycles. The highest BCUT2D eigenvalue weighted by Crippen LogP contribution is 1.81. The third kappa shape index (κ3) is 86.9. The standard InChI is InChI=1S/C5H5N.C4H4N2.2C4H10.2C2H6.CH4/c1-2-4-6-5-3-1;1-2-5-4-6-3-1;2*1-4(2)3;2*1-2;/h1-5H;1-4H;2*4H,1-3H3;2*1-2H3;1H4. The van der Waals surface area contributed by atoms with Crippen LogP contribution < -0.4 is 0 Å². The van der Waals surface area contributed by atoms with Crippen molar-refractivity contribution in [1.29, 1.82) is 0 Å². The Morgan fingerprint density at radius 2 is 0.760 bits per heavy atom. The van der Waals surface area contributed by atoms with Crippen LogP contribution in [0.5, 0.6) is 0 Å². The van der Waals surface area contributed by atoms with Gasteiger partial charge in [-0.1, -0.05) is 82.7 Å². The Morgan fingerprint density at radius 3 is 0.840 bits per heavy atom. The number of hydrogen-bond donors (Lipinski definition) is 0. The zero-order valence-electron chi connectivity index (χ0n) is 17.7. The average molecular weight is 352 g/mol. The van der Waals surface area contributed by atoms with Gasteiger partial charge < -0.3 is 0 Å². The molecule has 148 valence electrons. The quantitative estimate of drug-likeness (QED) is 0.491. The lowest BCUT2D eigenvalue weighted by atomic mass is 10.3. The van der Waals surface area contributed by atoms with Gasteiger partial charge in [0.05, 0.1) is 0 Å². The highest BCUT2D eigenvalue weighted by Gasteiger charge is 1.68. The molecular formula is C22H45N3. The van der Waals surface area contributed by atoms with Crippen LogP contribution in [-0.4, -0.2) is 15.0 Å². The zero-order chi connectivity index (χ0) is 19.6. The second kappa shape index (κ2) is 38.0. The first-order valence-electron chi connectivity index (χ1n) is 9.01. The number of aromatic nitrogens is 3. The third-order valence-corrected chi connectivity index (χ3v) is 1.04. The molecular weight excluding hydrogens is 306 g/mol. The number of pyridine rings is 1. The van der Waals surface area contributed by atoms with Crippen molar-refractivity contribution in [3.05, 3.63) is 55.4 Å². The summed E-state index contributed by atoms with van der Waals surface area (Å²) >= 11 is 0. The van der Waals surface area contributed by atoms with Crippen LogP contribution in [0, 0.1) is 11.8 Å². The van der Waals surface area contributed by atoms with Crippen molar-refractivity contribution in [1.82, 2.24) is 15.0 Å². The van der Waals surface area contributed by atoms with E-state index in [2.05, 4.69) is 56.5 Å². The molecule has 2 aromatic rings.